The molecule has 2 N–H and O–H groups in total. The second-order valence-electron chi connectivity index (χ2n) is 8.14. The molecule has 4 heterocycles. The summed E-state index contributed by atoms with van der Waals surface area (Å²) < 4.78 is 7.86. The summed E-state index contributed by atoms with van der Waals surface area (Å²) in [4.78, 5) is 24.6. The van der Waals surface area contributed by atoms with E-state index in [-0.39, 0.29) is 25.4 Å². The normalized spacial score (nSPS) is 20.1. The minimum atomic E-state index is -1.11. The maximum atomic E-state index is 11.5. The van der Waals surface area contributed by atoms with Crippen LogP contribution in [0.4, 0.5) is 16.3 Å². The van der Waals surface area contributed by atoms with Crippen LogP contribution in [0.1, 0.15) is 19.8 Å². The van der Waals surface area contributed by atoms with E-state index >= 15 is 0 Å². The molecule has 10 heteroatoms. The molecular weight excluding hydrogens is 412 g/mol. The van der Waals surface area contributed by atoms with Crippen molar-refractivity contribution in [2.75, 3.05) is 36.0 Å². The van der Waals surface area contributed by atoms with Gasteiger partial charge in [0, 0.05) is 30.9 Å². The summed E-state index contributed by atoms with van der Waals surface area (Å²) in [6.07, 6.45) is 3.34. The first kappa shape index (κ1) is 20.7. The number of hydrogen-bond acceptors (Lipinski definition) is 7. The van der Waals surface area contributed by atoms with E-state index in [0.29, 0.717) is 18.1 Å². The molecule has 2 aliphatic rings. The second kappa shape index (κ2) is 8.36. The van der Waals surface area contributed by atoms with Crippen LogP contribution in [0, 0.1) is 0 Å². The Balaban J connectivity index is 1.55. The van der Waals surface area contributed by atoms with E-state index in [1.807, 2.05) is 29.9 Å². The van der Waals surface area contributed by atoms with Gasteiger partial charge in [-0.3, -0.25) is 4.90 Å². The molecule has 2 fully saturated rings. The van der Waals surface area contributed by atoms with Gasteiger partial charge in [0.05, 0.1) is 36.9 Å². The average Bonchev–Trinajstić information content (AvgIpc) is 3.38. The molecule has 32 heavy (non-hydrogen) atoms. The van der Waals surface area contributed by atoms with Crippen LogP contribution in [-0.4, -0.2) is 74.5 Å². The van der Waals surface area contributed by atoms with Gasteiger partial charge in [-0.1, -0.05) is 0 Å². The van der Waals surface area contributed by atoms with Crippen LogP contribution in [0.3, 0.4) is 0 Å². The number of morpholine rings is 1. The highest BCUT2D eigenvalue weighted by molar-refractivity contribution is 5.89. The molecule has 168 valence electrons. The van der Waals surface area contributed by atoms with Crippen molar-refractivity contribution in [3.8, 4) is 11.4 Å². The Morgan fingerprint density at radius 1 is 1.19 bits per heavy atom. The number of anilines is 2. The highest BCUT2D eigenvalue weighted by Gasteiger charge is 2.35. The zero-order valence-corrected chi connectivity index (χ0v) is 17.9. The number of aryl methyl sites for hydroxylation is 1. The Morgan fingerprint density at radius 3 is 2.53 bits per heavy atom. The van der Waals surface area contributed by atoms with E-state index in [1.165, 1.54) is 0 Å². The molecule has 5 rings (SSSR count). The number of ether oxygens (including phenoxy) is 1. The molecule has 2 unspecified atom stereocenters. The minimum Gasteiger partial charge on any atom is -0.465 e. The number of hydrogen-bond donors (Lipinski definition) is 2. The SMILES string of the molecule is CCn1ncc2c(N3CC4CCC(C3)O4)nc(-c3ccc(N(CCO)C(=O)O)cc3)nc21. The van der Waals surface area contributed by atoms with Crippen molar-refractivity contribution in [3.63, 3.8) is 0 Å². The Kier molecular flexibility index (Phi) is 5.40. The van der Waals surface area contributed by atoms with Crippen molar-refractivity contribution in [1.29, 1.82) is 0 Å². The Bertz CT molecular complexity index is 1120. The molecule has 0 saturated carbocycles. The van der Waals surface area contributed by atoms with E-state index in [2.05, 4.69) is 10.00 Å². The van der Waals surface area contributed by atoms with Gasteiger partial charge >= 0.3 is 6.09 Å². The molecule has 2 atom stereocenters. The summed E-state index contributed by atoms with van der Waals surface area (Å²) in [5.41, 5.74) is 2.05. The summed E-state index contributed by atoms with van der Waals surface area (Å²) in [6, 6.07) is 7.03. The van der Waals surface area contributed by atoms with Crippen LogP contribution >= 0.6 is 0 Å². The first-order chi connectivity index (χ1) is 15.6. The number of amides is 1. The van der Waals surface area contributed by atoms with E-state index in [4.69, 9.17) is 19.8 Å². The third kappa shape index (κ3) is 3.65. The average molecular weight is 438 g/mol. The van der Waals surface area contributed by atoms with Crippen LogP contribution in [-0.2, 0) is 11.3 Å². The van der Waals surface area contributed by atoms with Crippen LogP contribution in [0.5, 0.6) is 0 Å². The van der Waals surface area contributed by atoms with Crippen LogP contribution in [0.25, 0.3) is 22.4 Å². The smallest absolute Gasteiger partial charge is 0.411 e. The highest BCUT2D eigenvalue weighted by atomic mass is 16.5. The van der Waals surface area contributed by atoms with Crippen molar-refractivity contribution in [2.24, 2.45) is 0 Å². The summed E-state index contributed by atoms with van der Waals surface area (Å²) in [5.74, 6) is 1.43. The summed E-state index contributed by atoms with van der Waals surface area (Å²) in [7, 11) is 0. The van der Waals surface area contributed by atoms with E-state index in [0.717, 1.165) is 53.2 Å². The molecule has 0 spiro atoms. The number of rotatable bonds is 6. The molecule has 2 aliphatic heterocycles. The van der Waals surface area contributed by atoms with Crippen molar-refractivity contribution >= 4 is 28.6 Å². The Morgan fingerprint density at radius 2 is 1.91 bits per heavy atom. The number of carbonyl (C=O) groups is 1. The van der Waals surface area contributed by atoms with Crippen LogP contribution < -0.4 is 9.80 Å². The Labute approximate surface area is 185 Å². The first-order valence-electron chi connectivity index (χ1n) is 10.9. The van der Waals surface area contributed by atoms with Gasteiger partial charge in [-0.15, -0.1) is 0 Å². The topological polar surface area (TPSA) is 117 Å². The predicted octanol–water partition coefficient (Wildman–Crippen LogP) is 2.36. The number of aromatic nitrogens is 4. The molecule has 2 aromatic heterocycles. The largest absolute Gasteiger partial charge is 0.465 e. The monoisotopic (exact) mass is 438 g/mol. The number of benzene rings is 1. The van der Waals surface area contributed by atoms with Crippen LogP contribution in [0.15, 0.2) is 30.5 Å². The maximum absolute atomic E-state index is 11.5. The lowest BCUT2D eigenvalue weighted by atomic mass is 10.1. The Hall–Kier alpha value is -3.24. The maximum Gasteiger partial charge on any atom is 0.411 e. The third-order valence-electron chi connectivity index (χ3n) is 6.11. The number of fused-ring (bicyclic) bond motifs is 3. The predicted molar refractivity (Wildman–Crippen MR) is 119 cm³/mol. The highest BCUT2D eigenvalue weighted by Crippen LogP contribution is 2.33. The molecule has 10 nitrogen and oxygen atoms in total. The van der Waals surface area contributed by atoms with Crippen molar-refractivity contribution in [2.45, 2.75) is 38.5 Å². The molecule has 1 amide bonds. The fourth-order valence-corrected chi connectivity index (χ4v) is 4.56. The van der Waals surface area contributed by atoms with Gasteiger partial charge in [0.2, 0.25) is 0 Å². The lowest BCUT2D eigenvalue weighted by Gasteiger charge is -2.33. The number of aliphatic hydroxyl groups excluding tert-OH is 1. The fourth-order valence-electron chi connectivity index (χ4n) is 4.56. The van der Waals surface area contributed by atoms with Crippen molar-refractivity contribution < 1.29 is 19.7 Å². The molecule has 1 aromatic carbocycles. The molecule has 0 aliphatic carbocycles. The van der Waals surface area contributed by atoms with E-state index in [1.54, 1.807) is 12.1 Å². The van der Waals surface area contributed by atoms with Gasteiger partial charge in [-0.25, -0.2) is 19.4 Å². The van der Waals surface area contributed by atoms with Gasteiger partial charge < -0.3 is 19.8 Å². The standard InChI is InChI=1S/C22H26N6O4/c1-2-28-21-18(11-23-28)20(26-12-16-7-8-17(13-26)32-16)24-19(25-21)14-3-5-15(6-4-14)27(9-10-29)22(30)31/h3-6,11,16-17,29H,2,7-10,12-13H2,1H3,(H,30,31). The summed E-state index contributed by atoms with van der Waals surface area (Å²) in [6.45, 7) is 4.08. The number of nitrogens with zero attached hydrogens (tertiary/aromatic N) is 6. The summed E-state index contributed by atoms with van der Waals surface area (Å²) in [5, 5.41) is 24.0. The molecule has 3 aromatic rings. The van der Waals surface area contributed by atoms with Gasteiger partial charge in [-0.05, 0) is 44.0 Å². The first-order valence-corrected chi connectivity index (χ1v) is 10.9. The third-order valence-corrected chi connectivity index (χ3v) is 6.11. The zero-order valence-electron chi connectivity index (χ0n) is 17.9. The van der Waals surface area contributed by atoms with Crippen molar-refractivity contribution in [3.05, 3.63) is 30.5 Å². The minimum absolute atomic E-state index is 0.0103. The fraction of sp³-hybridized carbons (Fsp3) is 0.455. The molecule has 0 radical (unpaired) electrons. The van der Waals surface area contributed by atoms with Crippen molar-refractivity contribution in [1.82, 2.24) is 19.7 Å². The quantitative estimate of drug-likeness (QED) is 0.602. The van der Waals surface area contributed by atoms with E-state index in [9.17, 15) is 9.90 Å². The van der Waals surface area contributed by atoms with Crippen LogP contribution in [0.2, 0.25) is 0 Å². The van der Waals surface area contributed by atoms with Gasteiger partial charge in [-0.2, -0.15) is 5.10 Å². The molecule has 2 bridgehead atoms. The lowest BCUT2D eigenvalue weighted by Crippen LogP contribution is -2.43. The molecular formula is C22H26N6O4. The number of carboxylic acid groups (broad SMARTS) is 1. The number of aliphatic hydroxyl groups is 1. The zero-order chi connectivity index (χ0) is 22.2. The second-order valence-corrected chi connectivity index (χ2v) is 8.14. The van der Waals surface area contributed by atoms with Gasteiger partial charge in [0.1, 0.15) is 5.82 Å². The molecule has 2 saturated heterocycles. The van der Waals surface area contributed by atoms with E-state index < -0.39 is 6.09 Å². The van der Waals surface area contributed by atoms with Gasteiger partial charge in [0.25, 0.3) is 0 Å². The summed E-state index contributed by atoms with van der Waals surface area (Å²) >= 11 is 0. The lowest BCUT2D eigenvalue weighted by molar-refractivity contribution is 0.0303. The van der Waals surface area contributed by atoms with Gasteiger partial charge in [0.15, 0.2) is 11.5 Å².